The topological polar surface area (TPSA) is 37.8 Å². The van der Waals surface area contributed by atoms with Crippen molar-refractivity contribution in [3.8, 4) is 0 Å². The van der Waals surface area contributed by atoms with Gasteiger partial charge in [-0.3, -0.25) is 0 Å². The van der Waals surface area contributed by atoms with Crippen LogP contribution < -0.4 is 5.32 Å². The Balaban J connectivity index is 1.98. The van der Waals surface area contributed by atoms with Crippen LogP contribution in [0.5, 0.6) is 0 Å². The molecular weight excluding hydrogens is 218 g/mol. The highest BCUT2D eigenvalue weighted by atomic mass is 32.1. The van der Waals surface area contributed by atoms with Gasteiger partial charge in [-0.15, -0.1) is 11.3 Å². The number of thiophene rings is 1. The largest absolute Gasteiger partial charge is 0.367 e. The third-order valence-electron chi connectivity index (χ3n) is 3.25. The molecule has 0 aromatic carbocycles. The van der Waals surface area contributed by atoms with Gasteiger partial charge >= 0.3 is 0 Å². The van der Waals surface area contributed by atoms with Crippen LogP contribution in [0.1, 0.15) is 31.2 Å². The molecule has 0 aliphatic heterocycles. The summed E-state index contributed by atoms with van der Waals surface area (Å²) in [5.41, 5.74) is 1.28. The van der Waals surface area contributed by atoms with Gasteiger partial charge in [-0.1, -0.05) is 12.8 Å². The highest BCUT2D eigenvalue weighted by Crippen LogP contribution is 2.30. The van der Waals surface area contributed by atoms with Gasteiger partial charge in [-0.05, 0) is 30.7 Å². The second-order valence-corrected chi connectivity index (χ2v) is 5.30. The fraction of sp³-hybridized carbons (Fsp3) is 0.500. The van der Waals surface area contributed by atoms with E-state index in [0.717, 1.165) is 10.6 Å². The third kappa shape index (κ3) is 1.67. The first-order valence-corrected chi connectivity index (χ1v) is 6.68. The Bertz CT molecular complexity index is 500. The van der Waals surface area contributed by atoms with Crippen molar-refractivity contribution in [3.63, 3.8) is 0 Å². The van der Waals surface area contributed by atoms with Crippen molar-refractivity contribution >= 4 is 27.4 Å². The molecule has 1 fully saturated rings. The summed E-state index contributed by atoms with van der Waals surface area (Å²) < 4.78 is 0. The highest BCUT2D eigenvalue weighted by Gasteiger charge is 2.17. The number of anilines is 1. The zero-order valence-electron chi connectivity index (χ0n) is 9.36. The van der Waals surface area contributed by atoms with Crippen molar-refractivity contribution in [1.82, 2.24) is 9.97 Å². The van der Waals surface area contributed by atoms with Gasteiger partial charge in [-0.2, -0.15) is 0 Å². The van der Waals surface area contributed by atoms with Crippen LogP contribution in [0.2, 0.25) is 0 Å². The van der Waals surface area contributed by atoms with E-state index in [4.69, 9.17) is 0 Å². The maximum atomic E-state index is 4.39. The standard InChI is InChI=1S/C12H15N3S/c1-8-6-16-12-10(8)11(13-7-14-12)15-9-4-2-3-5-9/h6-7,9H,2-5H2,1H3,(H,13,14,15). The van der Waals surface area contributed by atoms with Gasteiger partial charge in [0.2, 0.25) is 0 Å². The van der Waals surface area contributed by atoms with Gasteiger partial charge < -0.3 is 5.32 Å². The Morgan fingerprint density at radius 2 is 2.12 bits per heavy atom. The predicted molar refractivity (Wildman–Crippen MR) is 68.0 cm³/mol. The van der Waals surface area contributed by atoms with Gasteiger partial charge in [0.15, 0.2) is 0 Å². The van der Waals surface area contributed by atoms with Crippen LogP contribution in [0.15, 0.2) is 11.7 Å². The molecule has 2 aromatic rings. The van der Waals surface area contributed by atoms with E-state index in [1.165, 1.54) is 36.6 Å². The molecule has 1 N–H and O–H groups in total. The molecule has 3 nitrogen and oxygen atoms in total. The minimum Gasteiger partial charge on any atom is -0.367 e. The van der Waals surface area contributed by atoms with Crippen molar-refractivity contribution in [3.05, 3.63) is 17.3 Å². The Hall–Kier alpha value is -1.16. The molecular formula is C12H15N3S. The fourth-order valence-corrected chi connectivity index (χ4v) is 3.28. The van der Waals surface area contributed by atoms with Crippen molar-refractivity contribution < 1.29 is 0 Å². The van der Waals surface area contributed by atoms with E-state index in [9.17, 15) is 0 Å². The van der Waals surface area contributed by atoms with E-state index in [1.807, 2.05) is 0 Å². The van der Waals surface area contributed by atoms with Crippen LogP contribution in [-0.4, -0.2) is 16.0 Å². The summed E-state index contributed by atoms with van der Waals surface area (Å²) >= 11 is 1.69. The molecule has 1 aliphatic rings. The summed E-state index contributed by atoms with van der Waals surface area (Å²) in [4.78, 5) is 9.78. The summed E-state index contributed by atoms with van der Waals surface area (Å²) in [5.74, 6) is 1.02. The van der Waals surface area contributed by atoms with Crippen molar-refractivity contribution in [1.29, 1.82) is 0 Å². The van der Waals surface area contributed by atoms with E-state index in [2.05, 4.69) is 27.6 Å². The smallest absolute Gasteiger partial charge is 0.138 e. The van der Waals surface area contributed by atoms with Crippen LogP contribution >= 0.6 is 11.3 Å². The number of rotatable bonds is 2. The lowest BCUT2D eigenvalue weighted by molar-refractivity contribution is 0.751. The van der Waals surface area contributed by atoms with Gasteiger partial charge in [-0.25, -0.2) is 9.97 Å². The molecule has 2 aromatic heterocycles. The first-order chi connectivity index (χ1) is 7.84. The number of aryl methyl sites for hydroxylation is 1. The van der Waals surface area contributed by atoms with Crippen molar-refractivity contribution in [2.75, 3.05) is 5.32 Å². The SMILES string of the molecule is Cc1csc2ncnc(NC3CCCC3)c12. The molecule has 0 spiro atoms. The predicted octanol–water partition coefficient (Wildman–Crippen LogP) is 3.35. The average Bonchev–Trinajstić information content (AvgIpc) is 2.90. The summed E-state index contributed by atoms with van der Waals surface area (Å²) in [5, 5.41) is 6.93. The van der Waals surface area contributed by atoms with E-state index in [-0.39, 0.29) is 0 Å². The molecule has 0 radical (unpaired) electrons. The van der Waals surface area contributed by atoms with Crippen LogP contribution in [0, 0.1) is 6.92 Å². The molecule has 0 atom stereocenters. The van der Waals surface area contributed by atoms with Gasteiger partial charge in [0.25, 0.3) is 0 Å². The van der Waals surface area contributed by atoms with Gasteiger partial charge in [0.05, 0.1) is 5.39 Å². The minimum absolute atomic E-state index is 0.609. The number of fused-ring (bicyclic) bond motifs is 1. The Labute approximate surface area is 98.9 Å². The van der Waals surface area contributed by atoms with Crippen LogP contribution in [-0.2, 0) is 0 Å². The first-order valence-electron chi connectivity index (χ1n) is 5.80. The van der Waals surface area contributed by atoms with Gasteiger partial charge in [0, 0.05) is 6.04 Å². The number of hydrogen-bond acceptors (Lipinski definition) is 4. The second-order valence-electron chi connectivity index (χ2n) is 4.45. The number of nitrogens with zero attached hydrogens (tertiary/aromatic N) is 2. The van der Waals surface area contributed by atoms with Crippen LogP contribution in [0.3, 0.4) is 0 Å². The Morgan fingerprint density at radius 1 is 1.31 bits per heavy atom. The molecule has 0 bridgehead atoms. The molecule has 1 aliphatic carbocycles. The van der Waals surface area contributed by atoms with E-state index >= 15 is 0 Å². The fourth-order valence-electron chi connectivity index (χ4n) is 2.39. The summed E-state index contributed by atoms with van der Waals surface area (Å²) in [6.45, 7) is 2.13. The van der Waals surface area contributed by atoms with Crippen LogP contribution in [0.25, 0.3) is 10.2 Å². The molecule has 0 unspecified atom stereocenters. The number of hydrogen-bond donors (Lipinski definition) is 1. The lowest BCUT2D eigenvalue weighted by Crippen LogP contribution is -2.15. The molecule has 84 valence electrons. The highest BCUT2D eigenvalue weighted by molar-refractivity contribution is 7.17. The first kappa shape index (κ1) is 10.0. The molecule has 2 heterocycles. The molecule has 1 saturated carbocycles. The summed E-state index contributed by atoms with van der Waals surface area (Å²) in [6, 6.07) is 0.609. The lowest BCUT2D eigenvalue weighted by atomic mass is 10.2. The number of aromatic nitrogens is 2. The third-order valence-corrected chi connectivity index (χ3v) is 4.25. The van der Waals surface area contributed by atoms with E-state index < -0.39 is 0 Å². The molecule has 0 saturated heterocycles. The summed E-state index contributed by atoms with van der Waals surface area (Å²) in [7, 11) is 0. The van der Waals surface area contributed by atoms with Crippen molar-refractivity contribution in [2.45, 2.75) is 38.6 Å². The normalized spacial score (nSPS) is 17.1. The average molecular weight is 233 g/mol. The zero-order valence-corrected chi connectivity index (χ0v) is 10.2. The van der Waals surface area contributed by atoms with Crippen LogP contribution in [0.4, 0.5) is 5.82 Å². The van der Waals surface area contributed by atoms with Crippen molar-refractivity contribution in [2.24, 2.45) is 0 Å². The molecule has 4 heteroatoms. The minimum atomic E-state index is 0.609. The maximum Gasteiger partial charge on any atom is 0.138 e. The molecule has 3 rings (SSSR count). The molecule has 16 heavy (non-hydrogen) atoms. The summed E-state index contributed by atoms with van der Waals surface area (Å²) in [6.07, 6.45) is 6.89. The van der Waals surface area contributed by atoms with E-state index in [1.54, 1.807) is 17.7 Å². The maximum absolute atomic E-state index is 4.39. The second kappa shape index (κ2) is 4.01. The number of nitrogens with one attached hydrogen (secondary N) is 1. The van der Waals surface area contributed by atoms with Gasteiger partial charge in [0.1, 0.15) is 17.0 Å². The Kier molecular flexibility index (Phi) is 2.52. The quantitative estimate of drug-likeness (QED) is 0.864. The zero-order chi connectivity index (χ0) is 11.0. The van der Waals surface area contributed by atoms with E-state index in [0.29, 0.717) is 6.04 Å². The Morgan fingerprint density at radius 3 is 2.94 bits per heavy atom. The monoisotopic (exact) mass is 233 g/mol. The lowest BCUT2D eigenvalue weighted by Gasteiger charge is -2.13. The molecule has 0 amide bonds.